The normalized spacial score (nSPS) is 11.1. The van der Waals surface area contributed by atoms with E-state index in [1.165, 1.54) is 6.07 Å². The molecular weight excluding hydrogens is 392 g/mol. The van der Waals surface area contributed by atoms with Crippen LogP contribution in [-0.2, 0) is 17.9 Å². The first-order valence-corrected chi connectivity index (χ1v) is 9.85. The van der Waals surface area contributed by atoms with Crippen LogP contribution in [-0.4, -0.2) is 15.7 Å². The number of esters is 1. The quantitative estimate of drug-likeness (QED) is 0.241. The van der Waals surface area contributed by atoms with E-state index in [9.17, 15) is 9.59 Å². The van der Waals surface area contributed by atoms with Gasteiger partial charge in [-0.05, 0) is 40.6 Å². The van der Waals surface area contributed by atoms with E-state index >= 15 is 0 Å². The van der Waals surface area contributed by atoms with Gasteiger partial charge in [-0.25, -0.2) is 9.59 Å². The third-order valence-electron chi connectivity index (χ3n) is 5.17. The molecule has 0 amide bonds. The van der Waals surface area contributed by atoms with Crippen molar-refractivity contribution in [2.45, 2.75) is 13.2 Å². The van der Waals surface area contributed by atoms with Gasteiger partial charge in [-0.2, -0.15) is 5.10 Å². The highest BCUT2D eigenvalue weighted by Gasteiger charge is 2.13. The second-order valence-corrected chi connectivity index (χ2v) is 7.23. The van der Waals surface area contributed by atoms with Crippen LogP contribution < -0.4 is 5.63 Å². The molecule has 152 valence electrons. The van der Waals surface area contributed by atoms with E-state index in [-0.39, 0.29) is 6.61 Å². The minimum absolute atomic E-state index is 0.0238. The number of nitrogens with zero attached hydrogens (tertiary/aromatic N) is 2. The van der Waals surface area contributed by atoms with Crippen molar-refractivity contribution >= 4 is 27.7 Å². The number of hydrogen-bond donors (Lipinski definition) is 0. The minimum Gasteiger partial charge on any atom is -0.457 e. The van der Waals surface area contributed by atoms with Gasteiger partial charge in [-0.1, -0.05) is 42.5 Å². The summed E-state index contributed by atoms with van der Waals surface area (Å²) in [7, 11) is 0. The van der Waals surface area contributed by atoms with Crippen molar-refractivity contribution < 1.29 is 13.9 Å². The number of ether oxygens (including phenoxy) is 1. The monoisotopic (exact) mass is 410 g/mol. The van der Waals surface area contributed by atoms with Crippen molar-refractivity contribution in [2.24, 2.45) is 0 Å². The molecule has 3 aromatic carbocycles. The Morgan fingerprint density at radius 2 is 1.84 bits per heavy atom. The number of carbonyl (C=O) groups excluding carboxylic acids is 1. The molecule has 0 bridgehead atoms. The van der Waals surface area contributed by atoms with Crippen molar-refractivity contribution in [1.29, 1.82) is 0 Å². The predicted molar refractivity (Wildman–Crippen MR) is 117 cm³/mol. The van der Waals surface area contributed by atoms with Gasteiger partial charge in [0.05, 0.1) is 12.1 Å². The molecule has 0 radical (unpaired) electrons. The first-order chi connectivity index (χ1) is 15.2. The van der Waals surface area contributed by atoms with E-state index in [0.717, 1.165) is 21.7 Å². The number of carbonyl (C=O) groups is 1. The van der Waals surface area contributed by atoms with E-state index in [2.05, 4.69) is 5.10 Å². The van der Waals surface area contributed by atoms with Crippen LogP contribution in [0.15, 0.2) is 94.4 Å². The second-order valence-electron chi connectivity index (χ2n) is 7.23. The van der Waals surface area contributed by atoms with Crippen LogP contribution >= 0.6 is 0 Å². The molecule has 5 aromatic rings. The Bertz CT molecular complexity index is 1430. The fourth-order valence-electron chi connectivity index (χ4n) is 3.69. The van der Waals surface area contributed by atoms with E-state index in [1.54, 1.807) is 24.4 Å². The van der Waals surface area contributed by atoms with E-state index in [1.807, 2.05) is 59.4 Å². The molecule has 6 heteroatoms. The number of aromatic nitrogens is 2. The smallest absolute Gasteiger partial charge is 0.338 e. The lowest BCUT2D eigenvalue weighted by molar-refractivity contribution is 0.0474. The maximum Gasteiger partial charge on any atom is 0.338 e. The van der Waals surface area contributed by atoms with Crippen LogP contribution in [0.1, 0.15) is 21.5 Å². The lowest BCUT2D eigenvalue weighted by Gasteiger charge is -2.10. The highest BCUT2D eigenvalue weighted by Crippen LogP contribution is 2.28. The summed E-state index contributed by atoms with van der Waals surface area (Å²) in [6, 6.07) is 21.9. The summed E-state index contributed by atoms with van der Waals surface area (Å²) in [6.07, 6.45) is 3.61. The van der Waals surface area contributed by atoms with Gasteiger partial charge in [0.15, 0.2) is 0 Å². The topological polar surface area (TPSA) is 74.3 Å². The SMILES string of the molecule is O=C(OCc1cc(=O)oc2ccc3ccccc3c12)c1ccc(Cn2cccn2)cc1. The molecule has 0 unspecified atom stereocenters. The standard InChI is InChI=1S/C25H18N2O4/c28-23-14-20(24-21-5-2-1-4-18(21)10-11-22(24)31-23)16-30-25(29)19-8-6-17(7-9-19)15-27-13-3-12-26-27/h1-14H,15-16H2. The van der Waals surface area contributed by atoms with Gasteiger partial charge in [0.25, 0.3) is 0 Å². The third kappa shape index (κ3) is 3.83. The molecule has 0 aliphatic carbocycles. The van der Waals surface area contributed by atoms with Crippen LogP contribution in [0, 0.1) is 0 Å². The molecule has 0 N–H and O–H groups in total. The largest absolute Gasteiger partial charge is 0.457 e. The van der Waals surface area contributed by atoms with E-state index < -0.39 is 11.6 Å². The molecule has 2 aromatic heterocycles. The van der Waals surface area contributed by atoms with Gasteiger partial charge < -0.3 is 9.15 Å². The summed E-state index contributed by atoms with van der Waals surface area (Å²) in [5, 5.41) is 6.92. The summed E-state index contributed by atoms with van der Waals surface area (Å²) in [4.78, 5) is 24.6. The van der Waals surface area contributed by atoms with Crippen molar-refractivity contribution in [3.8, 4) is 0 Å². The Hall–Kier alpha value is -4.19. The Labute approximate surface area is 177 Å². The van der Waals surface area contributed by atoms with Gasteiger partial charge in [-0.15, -0.1) is 0 Å². The van der Waals surface area contributed by atoms with E-state index in [0.29, 0.717) is 23.3 Å². The number of fused-ring (bicyclic) bond motifs is 3. The Morgan fingerprint density at radius 1 is 1.00 bits per heavy atom. The van der Waals surface area contributed by atoms with Gasteiger partial charge in [-0.3, -0.25) is 4.68 Å². The predicted octanol–water partition coefficient (Wildman–Crippen LogP) is 4.55. The van der Waals surface area contributed by atoms with Crippen molar-refractivity contribution in [3.05, 3.63) is 112 Å². The van der Waals surface area contributed by atoms with Crippen LogP contribution in [0.5, 0.6) is 0 Å². The van der Waals surface area contributed by atoms with Gasteiger partial charge in [0, 0.05) is 29.4 Å². The van der Waals surface area contributed by atoms with Crippen molar-refractivity contribution in [1.82, 2.24) is 9.78 Å². The first-order valence-electron chi connectivity index (χ1n) is 9.85. The van der Waals surface area contributed by atoms with Gasteiger partial charge >= 0.3 is 11.6 Å². The average molecular weight is 410 g/mol. The second kappa shape index (κ2) is 7.91. The maximum atomic E-state index is 12.6. The molecule has 0 aliphatic heterocycles. The van der Waals surface area contributed by atoms with E-state index in [4.69, 9.17) is 9.15 Å². The molecule has 31 heavy (non-hydrogen) atoms. The van der Waals surface area contributed by atoms with Crippen molar-refractivity contribution in [3.63, 3.8) is 0 Å². The van der Waals surface area contributed by atoms with Crippen LogP contribution in [0.4, 0.5) is 0 Å². The summed E-state index contributed by atoms with van der Waals surface area (Å²) < 4.78 is 12.7. The molecule has 0 saturated heterocycles. The molecule has 6 nitrogen and oxygen atoms in total. The Balaban J connectivity index is 1.38. The van der Waals surface area contributed by atoms with Crippen LogP contribution in [0.2, 0.25) is 0 Å². The van der Waals surface area contributed by atoms with Gasteiger partial charge in [0.2, 0.25) is 0 Å². The Kier molecular flexibility index (Phi) is 4.80. The molecule has 5 rings (SSSR count). The molecule has 0 fully saturated rings. The summed E-state index contributed by atoms with van der Waals surface area (Å²) in [6.45, 7) is 0.602. The summed E-state index contributed by atoms with van der Waals surface area (Å²) in [5.74, 6) is -0.452. The number of hydrogen-bond acceptors (Lipinski definition) is 5. The average Bonchev–Trinajstić information content (AvgIpc) is 3.30. The highest BCUT2D eigenvalue weighted by molar-refractivity contribution is 6.07. The summed E-state index contributed by atoms with van der Waals surface area (Å²) in [5.41, 5.74) is 2.09. The van der Waals surface area contributed by atoms with Crippen LogP contribution in [0.25, 0.3) is 21.7 Å². The molecular formula is C25H18N2O4. The molecule has 2 heterocycles. The number of benzene rings is 3. The zero-order valence-corrected chi connectivity index (χ0v) is 16.5. The molecule has 0 saturated carbocycles. The number of rotatable bonds is 5. The zero-order valence-electron chi connectivity index (χ0n) is 16.5. The first kappa shape index (κ1) is 18.8. The summed E-state index contributed by atoms with van der Waals surface area (Å²) >= 11 is 0. The fourth-order valence-corrected chi connectivity index (χ4v) is 3.69. The van der Waals surface area contributed by atoms with Crippen LogP contribution in [0.3, 0.4) is 0 Å². The zero-order chi connectivity index (χ0) is 21.2. The lowest BCUT2D eigenvalue weighted by atomic mass is 10.0. The molecule has 0 spiro atoms. The third-order valence-corrected chi connectivity index (χ3v) is 5.17. The Morgan fingerprint density at radius 3 is 2.65 bits per heavy atom. The molecule has 0 atom stereocenters. The highest BCUT2D eigenvalue weighted by atomic mass is 16.5. The van der Waals surface area contributed by atoms with Gasteiger partial charge in [0.1, 0.15) is 12.2 Å². The minimum atomic E-state index is -0.475. The van der Waals surface area contributed by atoms with Crippen molar-refractivity contribution in [2.75, 3.05) is 0 Å². The maximum absolute atomic E-state index is 12.6. The fraction of sp³-hybridized carbons (Fsp3) is 0.0800. The lowest BCUT2D eigenvalue weighted by Crippen LogP contribution is -2.08. The molecule has 0 aliphatic rings.